The van der Waals surface area contributed by atoms with Crippen LogP contribution in [0.1, 0.15) is 65.7 Å². The molecule has 1 atom stereocenters. The van der Waals surface area contributed by atoms with Gasteiger partial charge in [-0.1, -0.05) is 40.0 Å². The van der Waals surface area contributed by atoms with Crippen molar-refractivity contribution in [2.75, 3.05) is 0 Å². The summed E-state index contributed by atoms with van der Waals surface area (Å²) in [5.41, 5.74) is -0.896. The molecule has 0 amide bonds. The molecule has 0 spiro atoms. The third-order valence-electron chi connectivity index (χ3n) is 4.74. The van der Waals surface area contributed by atoms with Crippen molar-refractivity contribution in [1.29, 1.82) is 0 Å². The van der Waals surface area contributed by atoms with Crippen molar-refractivity contribution >= 4 is 0 Å². The first kappa shape index (κ1) is 12.4. The minimum Gasteiger partial charge on any atom is -0.392 e. The van der Waals surface area contributed by atoms with E-state index in [1.54, 1.807) is 0 Å². The summed E-state index contributed by atoms with van der Waals surface area (Å²) in [5, 5.41) is 21.4. The molecule has 0 bridgehead atoms. The maximum Gasteiger partial charge on any atom is 0.0728 e. The van der Waals surface area contributed by atoms with Gasteiger partial charge >= 0.3 is 0 Å². The number of aliphatic hydroxyl groups excluding tert-OH is 1. The molecule has 2 nitrogen and oxygen atoms in total. The zero-order chi connectivity index (χ0) is 12.0. The molecule has 2 aliphatic rings. The highest BCUT2D eigenvalue weighted by Crippen LogP contribution is 2.63. The second kappa shape index (κ2) is 3.71. The molecule has 0 heterocycles. The number of hydrogen-bond donors (Lipinski definition) is 2. The highest BCUT2D eigenvalue weighted by atomic mass is 16.3. The third kappa shape index (κ3) is 1.80. The molecule has 2 heteroatoms. The van der Waals surface area contributed by atoms with E-state index in [9.17, 15) is 10.2 Å². The van der Waals surface area contributed by atoms with E-state index in [2.05, 4.69) is 20.8 Å². The van der Waals surface area contributed by atoms with Crippen LogP contribution in [0.3, 0.4) is 0 Å². The van der Waals surface area contributed by atoms with E-state index >= 15 is 0 Å². The lowest BCUT2D eigenvalue weighted by molar-refractivity contribution is -0.136. The standard InChI is InChI=1S/C14H26O2/c1-12(2,3)11(15)13(9-10-13)14(16)7-5-4-6-8-14/h11,15-16H,4-10H2,1-3H3. The summed E-state index contributed by atoms with van der Waals surface area (Å²) in [4.78, 5) is 0. The molecule has 0 aliphatic heterocycles. The van der Waals surface area contributed by atoms with E-state index in [1.165, 1.54) is 6.42 Å². The van der Waals surface area contributed by atoms with E-state index in [1.807, 2.05) is 0 Å². The Morgan fingerprint density at radius 3 is 1.81 bits per heavy atom. The SMILES string of the molecule is CC(C)(C)C(O)C1(C2(O)CCCCC2)CC1. The summed E-state index contributed by atoms with van der Waals surface area (Å²) in [6, 6.07) is 0. The summed E-state index contributed by atoms with van der Waals surface area (Å²) in [6.45, 7) is 6.22. The lowest BCUT2D eigenvalue weighted by Gasteiger charge is -2.46. The lowest BCUT2D eigenvalue weighted by Crippen LogP contribution is -2.51. The molecular formula is C14H26O2. The summed E-state index contributed by atoms with van der Waals surface area (Å²) in [7, 11) is 0. The Kier molecular flexibility index (Phi) is 2.87. The van der Waals surface area contributed by atoms with Gasteiger partial charge in [-0.05, 0) is 31.1 Å². The molecule has 2 rings (SSSR count). The van der Waals surface area contributed by atoms with E-state index in [0.29, 0.717) is 0 Å². The zero-order valence-corrected chi connectivity index (χ0v) is 10.9. The van der Waals surface area contributed by atoms with Crippen LogP contribution in [0.15, 0.2) is 0 Å². The smallest absolute Gasteiger partial charge is 0.0728 e. The molecule has 16 heavy (non-hydrogen) atoms. The van der Waals surface area contributed by atoms with Crippen molar-refractivity contribution in [3.05, 3.63) is 0 Å². The van der Waals surface area contributed by atoms with Gasteiger partial charge < -0.3 is 10.2 Å². The van der Waals surface area contributed by atoms with Gasteiger partial charge in [-0.15, -0.1) is 0 Å². The molecule has 94 valence electrons. The minimum atomic E-state index is -0.585. The van der Waals surface area contributed by atoms with Crippen molar-refractivity contribution in [2.45, 2.75) is 77.4 Å². The Labute approximate surface area is 99.1 Å². The van der Waals surface area contributed by atoms with Crippen molar-refractivity contribution in [1.82, 2.24) is 0 Å². The zero-order valence-electron chi connectivity index (χ0n) is 10.9. The van der Waals surface area contributed by atoms with Gasteiger partial charge in [0.2, 0.25) is 0 Å². The summed E-state index contributed by atoms with van der Waals surface area (Å²) < 4.78 is 0. The van der Waals surface area contributed by atoms with Gasteiger partial charge in [-0.2, -0.15) is 0 Å². The molecule has 1 unspecified atom stereocenters. The number of hydrogen-bond acceptors (Lipinski definition) is 2. The first-order valence-corrected chi connectivity index (χ1v) is 6.72. The highest BCUT2D eigenvalue weighted by Gasteiger charge is 2.64. The highest BCUT2D eigenvalue weighted by molar-refractivity contribution is 5.14. The van der Waals surface area contributed by atoms with E-state index in [-0.39, 0.29) is 16.9 Å². The Morgan fingerprint density at radius 1 is 0.938 bits per heavy atom. The van der Waals surface area contributed by atoms with Crippen molar-refractivity contribution in [2.24, 2.45) is 10.8 Å². The summed E-state index contributed by atoms with van der Waals surface area (Å²) in [6.07, 6.45) is 6.89. The summed E-state index contributed by atoms with van der Waals surface area (Å²) >= 11 is 0. The number of rotatable bonds is 2. The quantitative estimate of drug-likeness (QED) is 0.760. The molecule has 0 aromatic rings. The summed E-state index contributed by atoms with van der Waals surface area (Å²) in [5.74, 6) is 0. The third-order valence-corrected chi connectivity index (χ3v) is 4.74. The Hall–Kier alpha value is -0.0800. The largest absolute Gasteiger partial charge is 0.392 e. The Balaban J connectivity index is 2.18. The predicted molar refractivity (Wildman–Crippen MR) is 65.2 cm³/mol. The van der Waals surface area contributed by atoms with Gasteiger partial charge in [-0.25, -0.2) is 0 Å². The minimum absolute atomic E-state index is 0.121. The van der Waals surface area contributed by atoms with Crippen LogP contribution in [0, 0.1) is 10.8 Å². The molecule has 0 aromatic carbocycles. The molecule has 0 aromatic heterocycles. The van der Waals surface area contributed by atoms with Crippen molar-refractivity contribution in [3.8, 4) is 0 Å². The average Bonchev–Trinajstić information content (AvgIpc) is 2.97. The fourth-order valence-electron chi connectivity index (χ4n) is 3.59. The first-order chi connectivity index (χ1) is 7.32. The maximum absolute atomic E-state index is 10.8. The molecule has 0 radical (unpaired) electrons. The Bertz CT molecular complexity index is 254. The second-order valence-electron chi connectivity index (χ2n) is 7.02. The average molecular weight is 226 g/mol. The van der Waals surface area contributed by atoms with Crippen LogP contribution >= 0.6 is 0 Å². The normalized spacial score (nSPS) is 29.8. The fourth-order valence-corrected chi connectivity index (χ4v) is 3.59. The molecule has 0 saturated heterocycles. The molecular weight excluding hydrogens is 200 g/mol. The lowest BCUT2D eigenvalue weighted by atomic mass is 9.65. The van der Waals surface area contributed by atoms with Crippen LogP contribution in [0.25, 0.3) is 0 Å². The molecule has 2 aliphatic carbocycles. The van der Waals surface area contributed by atoms with Crippen molar-refractivity contribution in [3.63, 3.8) is 0 Å². The van der Waals surface area contributed by atoms with Gasteiger partial charge in [0.1, 0.15) is 0 Å². The molecule has 2 N–H and O–H groups in total. The van der Waals surface area contributed by atoms with Gasteiger partial charge in [0.15, 0.2) is 0 Å². The van der Waals surface area contributed by atoms with Crippen LogP contribution in [-0.4, -0.2) is 21.9 Å². The molecule has 2 saturated carbocycles. The first-order valence-electron chi connectivity index (χ1n) is 6.72. The van der Waals surface area contributed by atoms with Crippen LogP contribution in [-0.2, 0) is 0 Å². The van der Waals surface area contributed by atoms with Gasteiger partial charge in [0.25, 0.3) is 0 Å². The molecule has 2 fully saturated rings. The van der Waals surface area contributed by atoms with E-state index < -0.39 is 5.60 Å². The van der Waals surface area contributed by atoms with Crippen LogP contribution in [0.4, 0.5) is 0 Å². The topological polar surface area (TPSA) is 40.5 Å². The van der Waals surface area contributed by atoms with Crippen molar-refractivity contribution < 1.29 is 10.2 Å². The van der Waals surface area contributed by atoms with Gasteiger partial charge in [-0.3, -0.25) is 0 Å². The second-order valence-corrected chi connectivity index (χ2v) is 7.02. The fraction of sp³-hybridized carbons (Fsp3) is 1.00. The van der Waals surface area contributed by atoms with Crippen LogP contribution in [0.5, 0.6) is 0 Å². The van der Waals surface area contributed by atoms with Gasteiger partial charge in [0, 0.05) is 5.41 Å². The van der Waals surface area contributed by atoms with Gasteiger partial charge in [0.05, 0.1) is 11.7 Å². The monoisotopic (exact) mass is 226 g/mol. The van der Waals surface area contributed by atoms with E-state index in [0.717, 1.165) is 38.5 Å². The number of aliphatic hydroxyl groups is 2. The Morgan fingerprint density at radius 2 is 1.44 bits per heavy atom. The van der Waals surface area contributed by atoms with E-state index in [4.69, 9.17) is 0 Å². The maximum atomic E-state index is 10.8. The predicted octanol–water partition coefficient (Wildman–Crippen LogP) is 2.87. The van der Waals surface area contributed by atoms with Crippen LogP contribution in [0.2, 0.25) is 0 Å². The van der Waals surface area contributed by atoms with Crippen LogP contribution < -0.4 is 0 Å².